The van der Waals surface area contributed by atoms with Crippen molar-refractivity contribution in [3.63, 3.8) is 0 Å². The Labute approximate surface area is 120 Å². The van der Waals surface area contributed by atoms with Crippen molar-refractivity contribution in [3.8, 4) is 0 Å². The second-order valence-corrected chi connectivity index (χ2v) is 4.54. The fraction of sp³-hybridized carbons (Fsp3) is 0.214. The van der Waals surface area contributed by atoms with E-state index in [1.165, 1.54) is 18.2 Å². The van der Waals surface area contributed by atoms with Crippen LogP contribution in [0.3, 0.4) is 0 Å². The number of nitrogens with one attached hydrogen (secondary N) is 1. The van der Waals surface area contributed by atoms with Crippen LogP contribution in [0.4, 0.5) is 5.69 Å². The molecule has 0 aliphatic heterocycles. The highest BCUT2D eigenvalue weighted by molar-refractivity contribution is 5.84. The molecule has 0 saturated heterocycles. The number of aromatic carboxylic acids is 1. The number of benzene rings is 1. The second kappa shape index (κ2) is 6.19. The quantitative estimate of drug-likeness (QED) is 0.626. The first-order valence-electron chi connectivity index (χ1n) is 6.27. The predicted molar refractivity (Wildman–Crippen MR) is 74.0 cm³/mol. The van der Waals surface area contributed by atoms with Crippen molar-refractivity contribution in [3.05, 3.63) is 63.6 Å². The highest BCUT2D eigenvalue weighted by atomic mass is 16.6. The lowest BCUT2D eigenvalue weighted by atomic mass is 10.2. The summed E-state index contributed by atoms with van der Waals surface area (Å²) in [6.45, 7) is 2.23. The molecule has 1 atom stereocenters. The van der Waals surface area contributed by atoms with Crippen LogP contribution in [-0.2, 0) is 6.54 Å². The largest absolute Gasteiger partial charge is 0.475 e. The van der Waals surface area contributed by atoms with Crippen molar-refractivity contribution < 1.29 is 19.2 Å². The third-order valence-corrected chi connectivity index (χ3v) is 3.00. The van der Waals surface area contributed by atoms with Crippen molar-refractivity contribution in [2.75, 3.05) is 0 Å². The maximum Gasteiger partial charge on any atom is 0.371 e. The van der Waals surface area contributed by atoms with Crippen LogP contribution >= 0.6 is 0 Å². The van der Waals surface area contributed by atoms with Gasteiger partial charge in [0.1, 0.15) is 5.76 Å². The molecule has 2 rings (SSSR count). The minimum absolute atomic E-state index is 0.0353. The summed E-state index contributed by atoms with van der Waals surface area (Å²) >= 11 is 0. The molecule has 7 nitrogen and oxygen atoms in total. The predicted octanol–water partition coefficient (Wildman–Crippen LogP) is 2.74. The molecule has 0 radical (unpaired) electrons. The first kappa shape index (κ1) is 14.7. The van der Waals surface area contributed by atoms with Gasteiger partial charge < -0.3 is 14.8 Å². The highest BCUT2D eigenvalue weighted by Gasteiger charge is 2.14. The minimum atomic E-state index is -1.12. The number of carbonyl (C=O) groups is 1. The number of non-ortho nitro benzene ring substituents is 1. The molecule has 2 N–H and O–H groups in total. The van der Waals surface area contributed by atoms with Crippen LogP contribution in [0.2, 0.25) is 0 Å². The van der Waals surface area contributed by atoms with Gasteiger partial charge in [-0.3, -0.25) is 10.1 Å². The number of nitro benzene ring substituents is 1. The Kier molecular flexibility index (Phi) is 4.34. The van der Waals surface area contributed by atoms with Crippen LogP contribution in [0.25, 0.3) is 0 Å². The van der Waals surface area contributed by atoms with Crippen molar-refractivity contribution in [2.24, 2.45) is 0 Å². The van der Waals surface area contributed by atoms with Crippen LogP contribution in [0.1, 0.15) is 34.8 Å². The number of furan rings is 1. The Hall–Kier alpha value is -2.67. The van der Waals surface area contributed by atoms with Gasteiger partial charge in [0.05, 0.1) is 11.0 Å². The van der Waals surface area contributed by atoms with Gasteiger partial charge >= 0.3 is 5.97 Å². The molecule has 110 valence electrons. The Morgan fingerprint density at radius 2 is 2.19 bits per heavy atom. The number of hydrogen-bond donors (Lipinski definition) is 2. The zero-order valence-electron chi connectivity index (χ0n) is 11.3. The van der Waals surface area contributed by atoms with E-state index < -0.39 is 10.9 Å². The number of hydrogen-bond acceptors (Lipinski definition) is 5. The van der Waals surface area contributed by atoms with Gasteiger partial charge in [-0.15, -0.1) is 0 Å². The smallest absolute Gasteiger partial charge is 0.371 e. The Morgan fingerprint density at radius 3 is 2.81 bits per heavy atom. The molecule has 21 heavy (non-hydrogen) atoms. The van der Waals surface area contributed by atoms with E-state index in [4.69, 9.17) is 9.52 Å². The van der Waals surface area contributed by atoms with Crippen molar-refractivity contribution >= 4 is 11.7 Å². The van der Waals surface area contributed by atoms with Gasteiger partial charge in [0.2, 0.25) is 5.76 Å². The maximum absolute atomic E-state index is 10.7. The van der Waals surface area contributed by atoms with Crippen LogP contribution in [-0.4, -0.2) is 16.0 Å². The number of carboxylic acid groups (broad SMARTS) is 1. The molecule has 0 amide bonds. The SMILES string of the molecule is CC(NCc1cccc([N+](=O)[O-])c1)c1ccc(C(=O)O)o1. The average molecular weight is 290 g/mol. The van der Waals surface area contributed by atoms with E-state index in [1.54, 1.807) is 18.2 Å². The number of rotatable bonds is 6. The maximum atomic E-state index is 10.7. The molecular weight excluding hydrogens is 276 g/mol. The summed E-state index contributed by atoms with van der Waals surface area (Å²) in [5.41, 5.74) is 0.800. The summed E-state index contributed by atoms with van der Waals surface area (Å²) in [5.74, 6) is -0.737. The topological polar surface area (TPSA) is 106 Å². The number of carboxylic acids is 1. The summed E-state index contributed by atoms with van der Waals surface area (Å²) in [7, 11) is 0. The fourth-order valence-corrected chi connectivity index (χ4v) is 1.85. The molecule has 0 saturated carbocycles. The van der Waals surface area contributed by atoms with Crippen LogP contribution in [0, 0.1) is 10.1 Å². The molecule has 7 heteroatoms. The van der Waals surface area contributed by atoms with Gasteiger partial charge in [0.15, 0.2) is 0 Å². The van der Waals surface area contributed by atoms with Crippen LogP contribution in [0.15, 0.2) is 40.8 Å². The standard InChI is InChI=1S/C14H14N2O5/c1-9(12-5-6-13(21-12)14(17)18)15-8-10-3-2-4-11(7-10)16(19)20/h2-7,9,15H,8H2,1H3,(H,17,18). The number of nitrogens with zero attached hydrogens (tertiary/aromatic N) is 1. The first-order chi connectivity index (χ1) is 9.97. The highest BCUT2D eigenvalue weighted by Crippen LogP contribution is 2.18. The van der Waals surface area contributed by atoms with Gasteiger partial charge in [-0.1, -0.05) is 12.1 Å². The molecule has 0 aliphatic carbocycles. The molecule has 1 aromatic heterocycles. The summed E-state index contributed by atoms with van der Waals surface area (Å²) in [6, 6.07) is 9.09. The Morgan fingerprint density at radius 1 is 1.43 bits per heavy atom. The fourth-order valence-electron chi connectivity index (χ4n) is 1.85. The average Bonchev–Trinajstić information content (AvgIpc) is 2.95. The van der Waals surface area contributed by atoms with Gasteiger partial charge in [0.25, 0.3) is 5.69 Å². The summed E-state index contributed by atoms with van der Waals surface area (Å²) < 4.78 is 5.19. The minimum Gasteiger partial charge on any atom is -0.475 e. The van der Waals surface area contributed by atoms with E-state index in [-0.39, 0.29) is 17.5 Å². The van der Waals surface area contributed by atoms with Crippen molar-refractivity contribution in [2.45, 2.75) is 19.5 Å². The first-order valence-corrected chi connectivity index (χ1v) is 6.27. The van der Waals surface area contributed by atoms with Crippen molar-refractivity contribution in [1.82, 2.24) is 5.32 Å². The molecule has 1 heterocycles. The third-order valence-electron chi connectivity index (χ3n) is 3.00. The van der Waals surface area contributed by atoms with Crippen LogP contribution < -0.4 is 5.32 Å². The van der Waals surface area contributed by atoms with Gasteiger partial charge in [-0.2, -0.15) is 0 Å². The van der Waals surface area contributed by atoms with E-state index >= 15 is 0 Å². The third kappa shape index (κ3) is 3.67. The van der Waals surface area contributed by atoms with E-state index in [0.717, 1.165) is 5.56 Å². The Balaban J connectivity index is 2.00. The lowest BCUT2D eigenvalue weighted by molar-refractivity contribution is -0.384. The van der Waals surface area contributed by atoms with Gasteiger partial charge in [0, 0.05) is 18.7 Å². The summed E-state index contributed by atoms with van der Waals surface area (Å²) in [5, 5.41) is 22.6. The normalized spacial score (nSPS) is 12.0. The van der Waals surface area contributed by atoms with Crippen LogP contribution in [0.5, 0.6) is 0 Å². The number of nitro groups is 1. The zero-order valence-corrected chi connectivity index (χ0v) is 11.3. The van der Waals surface area contributed by atoms with Gasteiger partial charge in [-0.25, -0.2) is 4.79 Å². The molecule has 0 spiro atoms. The molecule has 2 aromatic rings. The molecule has 0 fully saturated rings. The second-order valence-electron chi connectivity index (χ2n) is 4.54. The zero-order chi connectivity index (χ0) is 15.4. The van der Waals surface area contributed by atoms with Gasteiger partial charge in [-0.05, 0) is 24.6 Å². The summed E-state index contributed by atoms with van der Waals surface area (Å²) in [6.07, 6.45) is 0. The molecule has 1 unspecified atom stereocenters. The Bertz CT molecular complexity index is 665. The molecule has 1 aromatic carbocycles. The lowest BCUT2D eigenvalue weighted by Crippen LogP contribution is -2.17. The van der Waals surface area contributed by atoms with Crippen molar-refractivity contribution in [1.29, 1.82) is 0 Å². The monoisotopic (exact) mass is 290 g/mol. The lowest BCUT2D eigenvalue weighted by Gasteiger charge is -2.11. The van der Waals surface area contributed by atoms with E-state index in [0.29, 0.717) is 12.3 Å². The molecule has 0 bridgehead atoms. The molecule has 0 aliphatic rings. The van der Waals surface area contributed by atoms with E-state index in [2.05, 4.69) is 5.32 Å². The summed E-state index contributed by atoms with van der Waals surface area (Å²) in [4.78, 5) is 21.0. The van der Waals surface area contributed by atoms with E-state index in [1.807, 2.05) is 6.92 Å². The van der Waals surface area contributed by atoms with E-state index in [9.17, 15) is 14.9 Å². The molecular formula is C14H14N2O5.